The van der Waals surface area contributed by atoms with E-state index in [0.29, 0.717) is 12.5 Å². The molecular formula is C11H20N4O. The maximum Gasteiger partial charge on any atom is 0.158 e. The van der Waals surface area contributed by atoms with Crippen molar-refractivity contribution >= 4 is 0 Å². The molecule has 2 rings (SSSR count). The highest BCUT2D eigenvalue weighted by Crippen LogP contribution is 2.12. The second-order valence-corrected chi connectivity index (χ2v) is 4.43. The fourth-order valence-corrected chi connectivity index (χ4v) is 1.94. The van der Waals surface area contributed by atoms with Crippen molar-refractivity contribution in [2.24, 2.45) is 13.0 Å². The van der Waals surface area contributed by atoms with Gasteiger partial charge in [0.15, 0.2) is 5.82 Å². The van der Waals surface area contributed by atoms with E-state index >= 15 is 0 Å². The minimum Gasteiger partial charge on any atom is -0.373 e. The van der Waals surface area contributed by atoms with E-state index in [2.05, 4.69) is 15.5 Å². The lowest BCUT2D eigenvalue weighted by Gasteiger charge is -2.22. The molecule has 1 saturated heterocycles. The van der Waals surface area contributed by atoms with Crippen molar-refractivity contribution in [3.8, 4) is 0 Å². The molecule has 0 unspecified atom stereocenters. The second-order valence-electron chi connectivity index (χ2n) is 4.43. The highest BCUT2D eigenvalue weighted by atomic mass is 16.5. The molecule has 1 aromatic rings. The fourth-order valence-electron chi connectivity index (χ4n) is 1.94. The number of aromatic nitrogens is 3. The van der Waals surface area contributed by atoms with Gasteiger partial charge in [0.2, 0.25) is 0 Å². The third-order valence-electron chi connectivity index (χ3n) is 3.23. The normalized spacial score (nSPS) is 17.9. The minimum atomic E-state index is 0.571. The van der Waals surface area contributed by atoms with Crippen LogP contribution >= 0.6 is 0 Å². The van der Waals surface area contributed by atoms with Crippen molar-refractivity contribution in [2.75, 3.05) is 19.7 Å². The zero-order chi connectivity index (χ0) is 11.4. The summed E-state index contributed by atoms with van der Waals surface area (Å²) in [6.07, 6.45) is 2.44. The van der Waals surface area contributed by atoms with E-state index in [1.807, 2.05) is 18.5 Å². The van der Waals surface area contributed by atoms with Crippen molar-refractivity contribution < 1.29 is 4.74 Å². The molecule has 1 fully saturated rings. The number of aryl methyl sites for hydroxylation is 1. The van der Waals surface area contributed by atoms with E-state index < -0.39 is 0 Å². The summed E-state index contributed by atoms with van der Waals surface area (Å²) < 4.78 is 7.68. The number of hydrogen-bond donors (Lipinski definition) is 1. The Morgan fingerprint density at radius 1 is 1.38 bits per heavy atom. The molecule has 0 spiro atoms. The van der Waals surface area contributed by atoms with Gasteiger partial charge in [-0.05, 0) is 38.8 Å². The number of ether oxygens (including phenoxy) is 1. The lowest BCUT2D eigenvalue weighted by atomic mass is 9.99. The van der Waals surface area contributed by atoms with Gasteiger partial charge >= 0.3 is 0 Å². The van der Waals surface area contributed by atoms with Gasteiger partial charge in [0.05, 0.1) is 6.61 Å². The van der Waals surface area contributed by atoms with Gasteiger partial charge in [0.1, 0.15) is 12.4 Å². The first-order chi connectivity index (χ1) is 7.77. The number of rotatable bonds is 4. The summed E-state index contributed by atoms with van der Waals surface area (Å²) in [6, 6.07) is 0. The van der Waals surface area contributed by atoms with E-state index in [-0.39, 0.29) is 0 Å². The van der Waals surface area contributed by atoms with Crippen molar-refractivity contribution in [1.82, 2.24) is 20.1 Å². The molecule has 16 heavy (non-hydrogen) atoms. The number of hydrogen-bond acceptors (Lipinski definition) is 4. The van der Waals surface area contributed by atoms with Gasteiger partial charge in [-0.2, -0.15) is 0 Å². The second kappa shape index (κ2) is 5.41. The molecule has 0 aromatic carbocycles. The molecule has 90 valence electrons. The molecule has 0 amide bonds. The predicted octanol–water partition coefficient (Wildman–Crippen LogP) is 0.640. The first-order valence-corrected chi connectivity index (χ1v) is 5.90. The summed E-state index contributed by atoms with van der Waals surface area (Å²) in [5.41, 5.74) is 0. The Hall–Kier alpha value is -0.940. The van der Waals surface area contributed by atoms with Gasteiger partial charge in [-0.1, -0.05) is 0 Å². The summed E-state index contributed by atoms with van der Waals surface area (Å²) in [5, 5.41) is 11.4. The summed E-state index contributed by atoms with van der Waals surface area (Å²) in [4.78, 5) is 0. The molecule has 1 aliphatic heterocycles. The van der Waals surface area contributed by atoms with Gasteiger partial charge in [-0.25, -0.2) is 0 Å². The molecule has 0 aliphatic carbocycles. The van der Waals surface area contributed by atoms with Crippen LogP contribution in [0.4, 0.5) is 0 Å². The molecular weight excluding hydrogens is 204 g/mol. The average Bonchev–Trinajstić information content (AvgIpc) is 2.62. The van der Waals surface area contributed by atoms with Gasteiger partial charge in [0.25, 0.3) is 0 Å². The molecule has 1 aromatic heterocycles. The quantitative estimate of drug-likeness (QED) is 0.815. The van der Waals surface area contributed by atoms with Crippen LogP contribution < -0.4 is 5.32 Å². The molecule has 5 heteroatoms. The van der Waals surface area contributed by atoms with Crippen LogP contribution in [0.2, 0.25) is 0 Å². The lowest BCUT2D eigenvalue weighted by Crippen LogP contribution is -2.30. The van der Waals surface area contributed by atoms with Crippen molar-refractivity contribution in [3.05, 3.63) is 11.6 Å². The predicted molar refractivity (Wildman–Crippen MR) is 61.0 cm³/mol. The molecule has 0 radical (unpaired) electrons. The monoisotopic (exact) mass is 224 g/mol. The van der Waals surface area contributed by atoms with E-state index in [1.165, 1.54) is 12.8 Å². The summed E-state index contributed by atoms with van der Waals surface area (Å²) in [7, 11) is 1.97. The van der Waals surface area contributed by atoms with Crippen LogP contribution in [0.5, 0.6) is 0 Å². The van der Waals surface area contributed by atoms with Crippen LogP contribution in [0, 0.1) is 12.8 Å². The number of nitrogens with zero attached hydrogens (tertiary/aromatic N) is 3. The fraction of sp³-hybridized carbons (Fsp3) is 0.818. The maximum absolute atomic E-state index is 5.70. The van der Waals surface area contributed by atoms with Crippen LogP contribution in [0.25, 0.3) is 0 Å². The molecule has 1 aliphatic rings. The Labute approximate surface area is 96.2 Å². The first kappa shape index (κ1) is 11.5. The number of nitrogens with one attached hydrogen (secondary N) is 1. The molecule has 0 atom stereocenters. The Kier molecular flexibility index (Phi) is 3.90. The Morgan fingerprint density at radius 3 is 2.75 bits per heavy atom. The van der Waals surface area contributed by atoms with Gasteiger partial charge in [-0.3, -0.25) is 0 Å². The van der Waals surface area contributed by atoms with Crippen LogP contribution in [-0.2, 0) is 18.4 Å². The Balaban J connectivity index is 1.73. The molecule has 2 heterocycles. The summed E-state index contributed by atoms with van der Waals surface area (Å²) in [6.45, 7) is 5.60. The van der Waals surface area contributed by atoms with Gasteiger partial charge in [0, 0.05) is 7.05 Å². The van der Waals surface area contributed by atoms with Crippen molar-refractivity contribution in [1.29, 1.82) is 0 Å². The molecule has 1 N–H and O–H groups in total. The van der Waals surface area contributed by atoms with Crippen LogP contribution in [0.3, 0.4) is 0 Å². The smallest absolute Gasteiger partial charge is 0.158 e. The average molecular weight is 224 g/mol. The van der Waals surface area contributed by atoms with Crippen LogP contribution in [0.1, 0.15) is 24.5 Å². The zero-order valence-corrected chi connectivity index (χ0v) is 10.1. The third-order valence-corrected chi connectivity index (χ3v) is 3.23. The zero-order valence-electron chi connectivity index (χ0n) is 10.1. The maximum atomic E-state index is 5.70. The standard InChI is InChI=1S/C11H20N4O/c1-9-13-14-11(15(9)2)8-16-7-10-3-5-12-6-4-10/h10,12H,3-8H2,1-2H3. The summed E-state index contributed by atoms with van der Waals surface area (Å²) >= 11 is 0. The van der Waals surface area contributed by atoms with Crippen LogP contribution in [-0.4, -0.2) is 34.5 Å². The van der Waals surface area contributed by atoms with Crippen molar-refractivity contribution in [2.45, 2.75) is 26.4 Å². The highest BCUT2D eigenvalue weighted by Gasteiger charge is 2.13. The van der Waals surface area contributed by atoms with E-state index in [9.17, 15) is 0 Å². The Bertz CT molecular complexity index is 331. The van der Waals surface area contributed by atoms with E-state index in [0.717, 1.165) is 31.3 Å². The van der Waals surface area contributed by atoms with Gasteiger partial charge in [-0.15, -0.1) is 10.2 Å². The Morgan fingerprint density at radius 2 is 2.12 bits per heavy atom. The SMILES string of the molecule is Cc1nnc(COCC2CCNCC2)n1C. The van der Waals surface area contributed by atoms with E-state index in [4.69, 9.17) is 4.74 Å². The topological polar surface area (TPSA) is 52.0 Å². The van der Waals surface area contributed by atoms with Crippen LogP contribution in [0.15, 0.2) is 0 Å². The highest BCUT2D eigenvalue weighted by molar-refractivity contribution is 4.90. The number of piperidine rings is 1. The van der Waals surface area contributed by atoms with E-state index in [1.54, 1.807) is 0 Å². The molecule has 5 nitrogen and oxygen atoms in total. The van der Waals surface area contributed by atoms with Gasteiger partial charge < -0.3 is 14.6 Å². The molecule has 0 bridgehead atoms. The third kappa shape index (κ3) is 2.80. The first-order valence-electron chi connectivity index (χ1n) is 5.90. The minimum absolute atomic E-state index is 0.571. The van der Waals surface area contributed by atoms with Crippen molar-refractivity contribution in [3.63, 3.8) is 0 Å². The lowest BCUT2D eigenvalue weighted by molar-refractivity contribution is 0.0708. The molecule has 0 saturated carbocycles. The largest absolute Gasteiger partial charge is 0.373 e. The summed E-state index contributed by atoms with van der Waals surface area (Å²) in [5.74, 6) is 2.54.